The Balaban J connectivity index is 1.53. The second-order valence-corrected chi connectivity index (χ2v) is 8.23. The van der Waals surface area contributed by atoms with Gasteiger partial charge in [-0.05, 0) is 38.5 Å². The van der Waals surface area contributed by atoms with Crippen LogP contribution < -0.4 is 0 Å². The molecule has 7 nitrogen and oxygen atoms in total. The first-order valence-corrected chi connectivity index (χ1v) is 9.32. The Hall–Kier alpha value is -3.29. The van der Waals surface area contributed by atoms with Crippen molar-refractivity contribution in [2.24, 2.45) is 0 Å². The summed E-state index contributed by atoms with van der Waals surface area (Å²) in [6.07, 6.45) is 1.89. The number of benzene rings is 1. The maximum absolute atomic E-state index is 13.7. The Kier molecular flexibility index (Phi) is 4.37. The fourth-order valence-electron chi connectivity index (χ4n) is 3.70. The standard InChI is InChI=1S/C21H21FN4O3/c1-21(2,3)25-12-17-16(20(25)29)9-23-26(17)11-13(8-22)10-24-18(27)14-6-4-5-7-15(14)19(24)28/h4-9H,10-12H2,1-3H3/b13-8+. The minimum atomic E-state index is -0.440. The van der Waals surface area contributed by atoms with Crippen LogP contribution in [-0.2, 0) is 13.1 Å². The first-order chi connectivity index (χ1) is 13.7. The molecule has 0 unspecified atom stereocenters. The fraction of sp³-hybridized carbons (Fsp3) is 0.333. The third kappa shape index (κ3) is 3.04. The smallest absolute Gasteiger partial charge is 0.261 e. The van der Waals surface area contributed by atoms with E-state index in [2.05, 4.69) is 5.10 Å². The SMILES string of the molecule is CC(C)(C)N1Cc2c(cnn2C/C(=C/F)CN2C(=O)c3ccccc3C2=O)C1=O. The van der Waals surface area contributed by atoms with Crippen LogP contribution >= 0.6 is 0 Å². The minimum Gasteiger partial charge on any atom is -0.328 e. The molecule has 0 fully saturated rings. The molecule has 2 aliphatic heterocycles. The van der Waals surface area contributed by atoms with Crippen LogP contribution in [0.25, 0.3) is 0 Å². The summed E-state index contributed by atoms with van der Waals surface area (Å²) in [6, 6.07) is 6.54. The van der Waals surface area contributed by atoms with Crippen LogP contribution in [0.15, 0.2) is 42.4 Å². The van der Waals surface area contributed by atoms with Gasteiger partial charge in [0.25, 0.3) is 17.7 Å². The lowest BCUT2D eigenvalue weighted by atomic mass is 10.1. The van der Waals surface area contributed by atoms with E-state index in [1.165, 1.54) is 6.20 Å². The molecule has 0 radical (unpaired) electrons. The van der Waals surface area contributed by atoms with Gasteiger partial charge < -0.3 is 4.90 Å². The summed E-state index contributed by atoms with van der Waals surface area (Å²) >= 11 is 0. The molecule has 0 bridgehead atoms. The normalized spacial score (nSPS) is 16.7. The molecule has 3 amide bonds. The van der Waals surface area contributed by atoms with Crippen molar-refractivity contribution in [1.29, 1.82) is 0 Å². The van der Waals surface area contributed by atoms with Gasteiger partial charge in [-0.25, -0.2) is 4.39 Å². The van der Waals surface area contributed by atoms with E-state index in [1.54, 1.807) is 33.8 Å². The van der Waals surface area contributed by atoms with Crippen LogP contribution in [0.5, 0.6) is 0 Å². The summed E-state index contributed by atoms with van der Waals surface area (Å²) in [7, 11) is 0. The van der Waals surface area contributed by atoms with Gasteiger partial charge in [-0.15, -0.1) is 0 Å². The number of carbonyl (C=O) groups excluding carboxylic acids is 3. The zero-order chi connectivity index (χ0) is 20.9. The first kappa shape index (κ1) is 19.0. The molecule has 0 N–H and O–H groups in total. The molecule has 0 atom stereocenters. The van der Waals surface area contributed by atoms with Gasteiger partial charge >= 0.3 is 0 Å². The van der Waals surface area contributed by atoms with E-state index in [9.17, 15) is 18.8 Å². The van der Waals surface area contributed by atoms with Crippen LogP contribution in [0, 0.1) is 0 Å². The third-order valence-corrected chi connectivity index (χ3v) is 5.29. The predicted molar refractivity (Wildman–Crippen MR) is 103 cm³/mol. The first-order valence-electron chi connectivity index (χ1n) is 9.32. The van der Waals surface area contributed by atoms with Crippen LogP contribution in [0.1, 0.15) is 57.5 Å². The molecule has 2 aromatic rings. The van der Waals surface area contributed by atoms with E-state index in [0.29, 0.717) is 35.3 Å². The highest BCUT2D eigenvalue weighted by Gasteiger charge is 2.38. The molecule has 150 valence electrons. The number of rotatable bonds is 4. The number of aromatic nitrogens is 2. The molecular formula is C21H21FN4O3. The lowest BCUT2D eigenvalue weighted by molar-refractivity contribution is 0.0600. The maximum atomic E-state index is 13.7. The highest BCUT2D eigenvalue weighted by molar-refractivity contribution is 6.21. The molecule has 3 heterocycles. The summed E-state index contributed by atoms with van der Waals surface area (Å²) in [5.74, 6) is -0.987. The molecule has 1 aromatic heterocycles. The number of nitrogens with zero attached hydrogens (tertiary/aromatic N) is 4. The minimum absolute atomic E-state index is 0.0461. The van der Waals surface area contributed by atoms with Gasteiger partial charge in [-0.3, -0.25) is 24.0 Å². The lowest BCUT2D eigenvalue weighted by Crippen LogP contribution is -2.41. The summed E-state index contributed by atoms with van der Waals surface area (Å²) in [5, 5.41) is 4.22. The predicted octanol–water partition coefficient (Wildman–Crippen LogP) is 2.79. The van der Waals surface area contributed by atoms with Gasteiger partial charge in [0.15, 0.2) is 0 Å². The zero-order valence-electron chi connectivity index (χ0n) is 16.5. The molecule has 8 heteroatoms. The summed E-state index contributed by atoms with van der Waals surface area (Å²) < 4.78 is 15.2. The van der Waals surface area contributed by atoms with E-state index in [1.807, 2.05) is 20.8 Å². The Morgan fingerprint density at radius 3 is 2.21 bits per heavy atom. The second-order valence-electron chi connectivity index (χ2n) is 8.23. The highest BCUT2D eigenvalue weighted by atomic mass is 19.1. The molecule has 1 aromatic carbocycles. The van der Waals surface area contributed by atoms with Crippen molar-refractivity contribution >= 4 is 17.7 Å². The molecule has 0 saturated carbocycles. The van der Waals surface area contributed by atoms with E-state index < -0.39 is 11.8 Å². The van der Waals surface area contributed by atoms with Crippen LogP contribution in [-0.4, -0.2) is 49.4 Å². The number of hydrogen-bond acceptors (Lipinski definition) is 4. The Morgan fingerprint density at radius 2 is 1.66 bits per heavy atom. The lowest BCUT2D eigenvalue weighted by Gasteiger charge is -2.31. The Morgan fingerprint density at radius 1 is 1.03 bits per heavy atom. The highest BCUT2D eigenvalue weighted by Crippen LogP contribution is 2.30. The number of imide groups is 1. The van der Waals surface area contributed by atoms with Crippen molar-refractivity contribution in [2.45, 2.75) is 39.4 Å². The molecule has 4 rings (SSSR count). The zero-order valence-corrected chi connectivity index (χ0v) is 16.5. The van der Waals surface area contributed by atoms with E-state index >= 15 is 0 Å². The molecule has 29 heavy (non-hydrogen) atoms. The van der Waals surface area contributed by atoms with Crippen molar-refractivity contribution in [3.05, 3.63) is 64.7 Å². The van der Waals surface area contributed by atoms with E-state index in [4.69, 9.17) is 0 Å². The van der Waals surface area contributed by atoms with Gasteiger partial charge in [0.05, 0.1) is 54.5 Å². The van der Waals surface area contributed by atoms with Crippen molar-refractivity contribution < 1.29 is 18.8 Å². The van der Waals surface area contributed by atoms with Crippen molar-refractivity contribution in [3.63, 3.8) is 0 Å². The molecule has 0 aliphatic carbocycles. The van der Waals surface area contributed by atoms with Crippen molar-refractivity contribution in [1.82, 2.24) is 19.6 Å². The quantitative estimate of drug-likeness (QED) is 0.745. The van der Waals surface area contributed by atoms with Crippen LogP contribution in [0.4, 0.5) is 4.39 Å². The second kappa shape index (κ2) is 6.65. The number of hydrogen-bond donors (Lipinski definition) is 0. The number of carbonyl (C=O) groups is 3. The van der Waals surface area contributed by atoms with Gasteiger partial charge in [-0.1, -0.05) is 12.1 Å². The fourth-order valence-corrected chi connectivity index (χ4v) is 3.70. The summed E-state index contributed by atoms with van der Waals surface area (Å²) in [6.45, 7) is 6.10. The molecule has 2 aliphatic rings. The average molecular weight is 396 g/mol. The van der Waals surface area contributed by atoms with Crippen molar-refractivity contribution in [2.75, 3.05) is 6.54 Å². The number of amides is 3. The van der Waals surface area contributed by atoms with Crippen LogP contribution in [0.2, 0.25) is 0 Å². The monoisotopic (exact) mass is 396 g/mol. The summed E-state index contributed by atoms with van der Waals surface area (Å²) in [4.78, 5) is 40.4. The van der Waals surface area contributed by atoms with Crippen molar-refractivity contribution in [3.8, 4) is 0 Å². The average Bonchev–Trinajstić information content (AvgIpc) is 3.30. The van der Waals surface area contributed by atoms with E-state index in [-0.39, 0.29) is 30.1 Å². The van der Waals surface area contributed by atoms with Crippen LogP contribution in [0.3, 0.4) is 0 Å². The Bertz CT molecular complexity index is 1030. The summed E-state index contributed by atoms with van der Waals surface area (Å²) in [5.41, 5.74) is 1.71. The molecule has 0 saturated heterocycles. The van der Waals surface area contributed by atoms with Gasteiger partial charge in [-0.2, -0.15) is 5.10 Å². The maximum Gasteiger partial charge on any atom is 0.261 e. The molecule has 0 spiro atoms. The topological polar surface area (TPSA) is 75.5 Å². The number of halogens is 1. The Labute approximate surface area is 167 Å². The third-order valence-electron chi connectivity index (χ3n) is 5.29. The van der Waals surface area contributed by atoms with E-state index in [0.717, 1.165) is 4.90 Å². The largest absolute Gasteiger partial charge is 0.328 e. The van der Waals surface area contributed by atoms with Gasteiger partial charge in [0.2, 0.25) is 0 Å². The number of fused-ring (bicyclic) bond motifs is 2. The molecular weight excluding hydrogens is 375 g/mol. The van der Waals surface area contributed by atoms with Gasteiger partial charge in [0.1, 0.15) is 0 Å². The van der Waals surface area contributed by atoms with Gasteiger partial charge in [0, 0.05) is 5.54 Å².